The molecule has 1 fully saturated rings. The van der Waals surface area contributed by atoms with Crippen molar-refractivity contribution in [1.29, 1.82) is 0 Å². The van der Waals surface area contributed by atoms with E-state index in [1.54, 1.807) is 6.07 Å². The van der Waals surface area contributed by atoms with Gasteiger partial charge in [0.05, 0.1) is 13.7 Å². The van der Waals surface area contributed by atoms with Gasteiger partial charge >= 0.3 is 0 Å². The third-order valence-electron chi connectivity index (χ3n) is 5.36. The van der Waals surface area contributed by atoms with Crippen LogP contribution in [0.25, 0.3) is 11.5 Å². The summed E-state index contributed by atoms with van der Waals surface area (Å²) in [5.41, 5.74) is 0.685. The van der Waals surface area contributed by atoms with Crippen LogP contribution in [0.1, 0.15) is 11.8 Å². The van der Waals surface area contributed by atoms with Crippen LogP contribution in [-0.4, -0.2) is 88.3 Å². The predicted octanol–water partition coefficient (Wildman–Crippen LogP) is -1.22. The van der Waals surface area contributed by atoms with E-state index in [1.165, 1.54) is 30.4 Å². The highest BCUT2D eigenvalue weighted by Crippen LogP contribution is 2.38. The summed E-state index contributed by atoms with van der Waals surface area (Å²) in [6, 6.07) is 3.08. The number of nitrogens with zero attached hydrogens (tertiary/aromatic N) is 4. The molecule has 0 aliphatic carbocycles. The number of aliphatic hydroxyl groups is 4. The standard InChI is InChI=1S/C19H23N5O8/c1-31-9-3-2-8(12(26)13(9)27)4-20-17-11-18(22-6-21-11)24(7-23-17)19-16(30)15(29)14(28)10(5-25)32-19/h2-3,6-7,10,14-16,19-20,25-30H,4-5H2,1H3/t10-,14-,15+,16-,19?/m1/s1. The number of ether oxygens (including phenoxy) is 2. The Morgan fingerprint density at radius 2 is 1.84 bits per heavy atom. The van der Waals surface area contributed by atoms with Gasteiger partial charge in [0.1, 0.15) is 37.1 Å². The Hall–Kier alpha value is -3.23. The second kappa shape index (κ2) is 8.72. The fourth-order valence-electron chi connectivity index (χ4n) is 3.57. The molecule has 3 heterocycles. The van der Waals surface area contributed by atoms with Crippen LogP contribution in [0.5, 0.6) is 17.2 Å². The van der Waals surface area contributed by atoms with Crippen molar-refractivity contribution in [2.45, 2.75) is 37.2 Å². The van der Waals surface area contributed by atoms with Crippen LogP contribution in [0.2, 0.25) is 0 Å². The molecule has 0 amide bonds. The number of phenols is 2. The Balaban J connectivity index is 1.60. The lowest BCUT2D eigenvalue weighted by molar-refractivity contribution is -0.251. The summed E-state index contributed by atoms with van der Waals surface area (Å²) in [5, 5.41) is 63.0. The average Bonchev–Trinajstić information content (AvgIpc) is 3.29. The molecule has 1 saturated heterocycles. The van der Waals surface area contributed by atoms with Crippen LogP contribution in [0.15, 0.2) is 24.8 Å². The van der Waals surface area contributed by atoms with Crippen molar-refractivity contribution in [3.8, 4) is 28.8 Å². The van der Waals surface area contributed by atoms with Gasteiger partial charge in [-0.1, -0.05) is 0 Å². The molecular weight excluding hydrogens is 426 g/mol. The van der Waals surface area contributed by atoms with E-state index in [1.807, 2.05) is 0 Å². The minimum Gasteiger partial charge on any atom is -0.504 e. The largest absolute Gasteiger partial charge is 0.504 e. The van der Waals surface area contributed by atoms with Gasteiger partial charge in [-0.3, -0.25) is 4.57 Å². The summed E-state index contributed by atoms with van der Waals surface area (Å²) in [7, 11) is 1.37. The van der Waals surface area contributed by atoms with E-state index in [0.717, 1.165) is 0 Å². The molecule has 32 heavy (non-hydrogen) atoms. The summed E-state index contributed by atoms with van der Waals surface area (Å²) in [6.45, 7) is -0.481. The number of methoxy groups -OCH3 is 1. The maximum atomic E-state index is 10.4. The molecule has 0 aromatic heterocycles. The van der Waals surface area contributed by atoms with Gasteiger partial charge < -0.3 is 45.4 Å². The quantitative estimate of drug-likeness (QED) is 0.222. The number of aromatic hydroxyl groups is 2. The zero-order valence-corrected chi connectivity index (χ0v) is 16.9. The first-order valence-corrected chi connectivity index (χ1v) is 9.67. The monoisotopic (exact) mass is 449 g/mol. The van der Waals surface area contributed by atoms with Crippen LogP contribution in [0.4, 0.5) is 5.82 Å². The highest BCUT2D eigenvalue weighted by Gasteiger charge is 2.45. The summed E-state index contributed by atoms with van der Waals surface area (Å²) in [4.78, 5) is 12.6. The minimum absolute atomic E-state index is 0.0857. The number of imidazole rings is 1. The molecule has 0 spiro atoms. The zero-order chi connectivity index (χ0) is 23.0. The van der Waals surface area contributed by atoms with Crippen LogP contribution < -0.4 is 10.1 Å². The average molecular weight is 449 g/mol. The Morgan fingerprint density at radius 3 is 2.56 bits per heavy atom. The third kappa shape index (κ3) is 3.65. The number of aromatic nitrogens is 4. The predicted molar refractivity (Wildman–Crippen MR) is 107 cm³/mol. The first-order chi connectivity index (χ1) is 15.4. The van der Waals surface area contributed by atoms with Gasteiger partial charge in [0, 0.05) is 12.1 Å². The normalized spacial score (nSPS) is 25.7. The number of benzene rings is 1. The van der Waals surface area contributed by atoms with Crippen LogP contribution in [-0.2, 0) is 11.3 Å². The van der Waals surface area contributed by atoms with E-state index in [2.05, 4.69) is 20.3 Å². The molecule has 0 radical (unpaired) electrons. The lowest BCUT2D eigenvalue weighted by Gasteiger charge is -2.41. The van der Waals surface area contributed by atoms with Gasteiger partial charge in [-0.2, -0.15) is 0 Å². The molecule has 1 aromatic rings. The second-order valence-corrected chi connectivity index (χ2v) is 7.24. The zero-order valence-electron chi connectivity index (χ0n) is 16.9. The number of nitrogens with one attached hydrogen (secondary N) is 1. The number of hydrogen-bond donors (Lipinski definition) is 7. The number of phenolic OH excluding ortho intramolecular Hbond substituents is 2. The van der Waals surface area contributed by atoms with E-state index in [0.29, 0.717) is 17.1 Å². The van der Waals surface area contributed by atoms with E-state index in [-0.39, 0.29) is 29.6 Å². The van der Waals surface area contributed by atoms with E-state index < -0.39 is 37.3 Å². The van der Waals surface area contributed by atoms with Crippen molar-refractivity contribution in [3.05, 3.63) is 30.4 Å². The van der Waals surface area contributed by atoms with E-state index in [9.17, 15) is 30.6 Å². The fraction of sp³-hybridized carbons (Fsp3) is 0.421. The highest BCUT2D eigenvalue weighted by atomic mass is 16.6. The molecule has 4 rings (SSSR count). The molecule has 13 heteroatoms. The van der Waals surface area contributed by atoms with Crippen molar-refractivity contribution in [2.75, 3.05) is 19.0 Å². The SMILES string of the molecule is COc1ccc(CNc2ncn(C3O[C@H](CO)[C@@H](O)[C@H](O)[C@H]3O)c3ncnc2-3)c(O)c1O. The van der Waals surface area contributed by atoms with Crippen molar-refractivity contribution < 1.29 is 40.1 Å². The number of anilines is 1. The molecule has 1 aromatic carbocycles. The summed E-state index contributed by atoms with van der Waals surface area (Å²) < 4.78 is 11.9. The van der Waals surface area contributed by atoms with Gasteiger partial charge in [-0.05, 0) is 12.1 Å². The molecule has 1 unspecified atom stereocenters. The van der Waals surface area contributed by atoms with Gasteiger partial charge in [0.2, 0.25) is 5.75 Å². The van der Waals surface area contributed by atoms with Crippen LogP contribution in [0, 0.1) is 0 Å². The Labute approximate surface area is 181 Å². The third-order valence-corrected chi connectivity index (χ3v) is 5.36. The molecule has 13 nitrogen and oxygen atoms in total. The van der Waals surface area contributed by atoms with Crippen molar-refractivity contribution >= 4 is 5.82 Å². The first-order valence-electron chi connectivity index (χ1n) is 9.67. The fourth-order valence-corrected chi connectivity index (χ4v) is 3.57. The molecule has 3 aliphatic rings. The molecule has 172 valence electrons. The van der Waals surface area contributed by atoms with Gasteiger partial charge in [-0.15, -0.1) is 0 Å². The van der Waals surface area contributed by atoms with Crippen LogP contribution >= 0.6 is 0 Å². The minimum atomic E-state index is -1.56. The summed E-state index contributed by atoms with van der Waals surface area (Å²) in [6.07, 6.45) is -4.26. The Kier molecular flexibility index (Phi) is 5.99. The smallest absolute Gasteiger partial charge is 0.200 e. The maximum Gasteiger partial charge on any atom is 0.200 e. The van der Waals surface area contributed by atoms with Crippen molar-refractivity contribution in [2.24, 2.45) is 0 Å². The van der Waals surface area contributed by atoms with E-state index >= 15 is 0 Å². The van der Waals surface area contributed by atoms with Crippen LogP contribution in [0.3, 0.4) is 0 Å². The number of aliphatic hydroxyl groups excluding tert-OH is 4. The topological polar surface area (TPSA) is 195 Å². The van der Waals surface area contributed by atoms with Gasteiger partial charge in [0.15, 0.2) is 35.1 Å². The van der Waals surface area contributed by atoms with Crippen molar-refractivity contribution in [3.63, 3.8) is 0 Å². The molecule has 5 atom stereocenters. The number of hydrogen-bond acceptors (Lipinski definition) is 12. The Bertz CT molecular complexity index is 1060. The number of fused-ring (bicyclic) bond motifs is 1. The lowest BCUT2D eigenvalue weighted by atomic mass is 9.98. The van der Waals surface area contributed by atoms with E-state index in [4.69, 9.17) is 9.47 Å². The molecule has 0 bridgehead atoms. The lowest BCUT2D eigenvalue weighted by Crippen LogP contribution is -2.56. The molecule has 0 saturated carbocycles. The summed E-state index contributed by atoms with van der Waals surface area (Å²) in [5.74, 6) is -0.0313. The molecule has 7 N–H and O–H groups in total. The second-order valence-electron chi connectivity index (χ2n) is 7.24. The van der Waals surface area contributed by atoms with Gasteiger partial charge in [-0.25, -0.2) is 15.0 Å². The highest BCUT2D eigenvalue weighted by molar-refractivity contribution is 5.67. The first kappa shape index (κ1) is 22.0. The number of rotatable bonds is 6. The van der Waals surface area contributed by atoms with Crippen molar-refractivity contribution in [1.82, 2.24) is 19.5 Å². The van der Waals surface area contributed by atoms with Gasteiger partial charge in [0.25, 0.3) is 0 Å². The molecule has 3 aliphatic heterocycles. The Morgan fingerprint density at radius 1 is 1.06 bits per heavy atom. The maximum absolute atomic E-state index is 10.4. The summed E-state index contributed by atoms with van der Waals surface area (Å²) >= 11 is 0. The molecular formula is C19H23N5O8.